The van der Waals surface area contributed by atoms with Crippen LogP contribution in [0.2, 0.25) is 0 Å². The average molecular weight is 497 g/mol. The van der Waals surface area contributed by atoms with Gasteiger partial charge < -0.3 is 40.3 Å². The van der Waals surface area contributed by atoms with Crippen LogP contribution in [0.3, 0.4) is 0 Å². The second kappa shape index (κ2) is 8.48. The van der Waals surface area contributed by atoms with Crippen molar-refractivity contribution in [2.45, 2.75) is 31.0 Å². The topological polar surface area (TPSA) is 270 Å². The number of phosphoric acid groups is 3. The average Bonchev–Trinajstić information content (AvgIpc) is 2.75. The third kappa shape index (κ3) is 6.24. The molecule has 6 atom stereocenters. The van der Waals surface area contributed by atoms with Crippen LogP contribution in [0.4, 0.5) is 5.82 Å². The van der Waals surface area contributed by atoms with E-state index < -0.39 is 59.8 Å². The van der Waals surface area contributed by atoms with Gasteiger partial charge in [-0.1, -0.05) is 0 Å². The number of aromatic nitrogens is 2. The van der Waals surface area contributed by atoms with E-state index in [9.17, 15) is 33.6 Å². The zero-order chi connectivity index (χ0) is 23.1. The Bertz CT molecular complexity index is 994. The molecule has 0 amide bonds. The van der Waals surface area contributed by atoms with Crippen LogP contribution in [0.15, 0.2) is 17.1 Å². The predicted molar refractivity (Wildman–Crippen MR) is 93.3 cm³/mol. The monoisotopic (exact) mass is 497 g/mol. The van der Waals surface area contributed by atoms with E-state index in [1.54, 1.807) is 0 Å². The smallest absolute Gasteiger partial charge is 0.387 e. The molecule has 0 bridgehead atoms. The lowest BCUT2D eigenvalue weighted by molar-refractivity contribution is -0.115. The fraction of sp³-hybridized carbons (Fsp3) is 0.600. The van der Waals surface area contributed by atoms with Gasteiger partial charge in [-0.25, -0.2) is 18.5 Å². The van der Waals surface area contributed by atoms with Crippen molar-refractivity contribution in [3.8, 4) is 0 Å². The van der Waals surface area contributed by atoms with Crippen molar-refractivity contribution in [1.82, 2.24) is 9.55 Å². The van der Waals surface area contributed by atoms with Gasteiger partial charge in [0.15, 0.2) is 6.23 Å². The predicted octanol–water partition coefficient (Wildman–Crippen LogP) is -1.82. The summed E-state index contributed by atoms with van der Waals surface area (Å²) < 4.78 is 51.4. The molecule has 172 valence electrons. The third-order valence-electron chi connectivity index (χ3n) is 3.69. The summed E-state index contributed by atoms with van der Waals surface area (Å²) in [5, 5.41) is 20.4. The van der Waals surface area contributed by atoms with Crippen LogP contribution in [-0.4, -0.2) is 63.8 Å². The van der Waals surface area contributed by atoms with Crippen molar-refractivity contribution in [2.24, 2.45) is 0 Å². The highest BCUT2D eigenvalue weighted by Crippen LogP contribution is 2.66. The Hall–Kier alpha value is -1.03. The van der Waals surface area contributed by atoms with E-state index in [0.717, 1.165) is 17.7 Å². The number of aliphatic hydroxyl groups is 2. The minimum absolute atomic E-state index is 0.125. The molecular weight excluding hydrogens is 479 g/mol. The van der Waals surface area contributed by atoms with E-state index in [1.165, 1.54) is 6.07 Å². The highest BCUT2D eigenvalue weighted by molar-refractivity contribution is 7.66. The number of rotatable bonds is 8. The molecule has 1 aliphatic heterocycles. The highest BCUT2D eigenvalue weighted by atomic mass is 31.3. The van der Waals surface area contributed by atoms with Crippen molar-refractivity contribution in [1.29, 1.82) is 0 Å². The molecule has 8 N–H and O–H groups in total. The first-order valence-corrected chi connectivity index (χ1v) is 12.1. The van der Waals surface area contributed by atoms with Gasteiger partial charge in [0.2, 0.25) is 0 Å². The molecule has 1 aromatic rings. The van der Waals surface area contributed by atoms with E-state index in [4.69, 9.17) is 25.2 Å². The second-order valence-corrected chi connectivity index (χ2v) is 10.6. The van der Waals surface area contributed by atoms with Gasteiger partial charge in [-0.3, -0.25) is 9.09 Å². The van der Waals surface area contributed by atoms with Crippen molar-refractivity contribution in [2.75, 3.05) is 12.3 Å². The molecule has 1 fully saturated rings. The maximum atomic E-state index is 11.9. The number of phosphoric ester groups is 1. The van der Waals surface area contributed by atoms with Crippen LogP contribution in [0.25, 0.3) is 0 Å². The lowest BCUT2D eigenvalue weighted by Gasteiger charge is -2.28. The molecule has 17 nitrogen and oxygen atoms in total. The quantitative estimate of drug-likeness (QED) is 0.195. The SMILES string of the molecule is C[C@]1(COP(=O)(O)OP(=O)(O)OP(=O)(O)O)O[C@@H](n2ccc(N)nc2=O)[C@H](O)[C@@H]1O. The molecule has 0 aliphatic carbocycles. The zero-order valence-corrected chi connectivity index (χ0v) is 17.5. The maximum Gasteiger partial charge on any atom is 0.490 e. The number of nitrogen functional groups attached to an aromatic ring is 1. The fourth-order valence-electron chi connectivity index (χ4n) is 2.41. The van der Waals surface area contributed by atoms with Crippen LogP contribution in [0, 0.1) is 0 Å². The van der Waals surface area contributed by atoms with Gasteiger partial charge in [0.25, 0.3) is 0 Å². The summed E-state index contributed by atoms with van der Waals surface area (Å²) in [6, 6.07) is 1.20. The van der Waals surface area contributed by atoms with Gasteiger partial charge in [0.05, 0.1) is 6.61 Å². The Morgan fingerprint density at radius 3 is 2.33 bits per heavy atom. The molecule has 2 heterocycles. The molecular formula is C10H18N3O14P3. The van der Waals surface area contributed by atoms with Gasteiger partial charge in [0.1, 0.15) is 23.6 Å². The van der Waals surface area contributed by atoms with E-state index >= 15 is 0 Å². The minimum atomic E-state index is -5.74. The van der Waals surface area contributed by atoms with Crippen LogP contribution >= 0.6 is 23.5 Å². The summed E-state index contributed by atoms with van der Waals surface area (Å²) >= 11 is 0. The summed E-state index contributed by atoms with van der Waals surface area (Å²) in [7, 11) is -16.8. The normalized spacial score (nSPS) is 31.2. The number of nitrogens with two attached hydrogens (primary N) is 1. The van der Waals surface area contributed by atoms with Crippen LogP contribution in [0.5, 0.6) is 0 Å². The minimum Gasteiger partial charge on any atom is -0.387 e. The fourth-order valence-corrected chi connectivity index (χ4v) is 5.52. The van der Waals surface area contributed by atoms with Crippen molar-refractivity contribution in [3.05, 3.63) is 22.7 Å². The zero-order valence-electron chi connectivity index (χ0n) is 14.9. The van der Waals surface area contributed by atoms with Crippen molar-refractivity contribution < 1.29 is 61.4 Å². The summed E-state index contributed by atoms with van der Waals surface area (Å²) in [4.78, 5) is 50.9. The number of hydrogen-bond donors (Lipinski definition) is 7. The number of ether oxygens (including phenoxy) is 1. The first-order chi connectivity index (χ1) is 13.4. The standard InChI is InChI=1S/C10H18N3O14P3/c1-10(4-24-29(20,21)27-30(22,23)26-28(17,18)19)7(15)6(14)8(25-10)13-3-2-5(11)12-9(13)16/h2-3,6-8,14-15H,4H2,1H3,(H,20,21)(H,22,23)(H2,11,12,16)(H2,17,18,19)/t6-,7+,8-,10-/m1/s1. The molecule has 1 saturated heterocycles. The Kier molecular flexibility index (Phi) is 7.14. The van der Waals surface area contributed by atoms with Gasteiger partial charge >= 0.3 is 29.2 Å². The molecule has 1 aliphatic rings. The van der Waals surface area contributed by atoms with Crippen LogP contribution in [0.1, 0.15) is 13.2 Å². The van der Waals surface area contributed by atoms with Crippen molar-refractivity contribution in [3.63, 3.8) is 0 Å². The Labute approximate surface area is 167 Å². The van der Waals surface area contributed by atoms with Gasteiger partial charge in [-0.15, -0.1) is 0 Å². The van der Waals surface area contributed by atoms with Crippen LogP contribution in [-0.2, 0) is 31.6 Å². The Balaban J connectivity index is 2.14. The first-order valence-electron chi connectivity index (χ1n) is 7.62. The highest BCUT2D eigenvalue weighted by Gasteiger charge is 2.54. The lowest BCUT2D eigenvalue weighted by Crippen LogP contribution is -2.44. The van der Waals surface area contributed by atoms with E-state index in [1.807, 2.05) is 0 Å². The molecule has 0 spiro atoms. The lowest BCUT2D eigenvalue weighted by atomic mass is 9.99. The largest absolute Gasteiger partial charge is 0.490 e. The molecule has 20 heteroatoms. The number of hydrogen-bond acceptors (Lipinski definition) is 12. The summed E-state index contributed by atoms with van der Waals surface area (Å²) in [6.07, 6.45) is -3.96. The molecule has 2 rings (SSSR count). The molecule has 30 heavy (non-hydrogen) atoms. The van der Waals surface area contributed by atoms with Gasteiger partial charge in [-0.05, 0) is 13.0 Å². The van der Waals surface area contributed by atoms with E-state index in [-0.39, 0.29) is 5.82 Å². The summed E-state index contributed by atoms with van der Waals surface area (Å²) in [5.74, 6) is -0.125. The molecule has 2 unspecified atom stereocenters. The summed E-state index contributed by atoms with van der Waals surface area (Å²) in [6.45, 7) is 0.0455. The Morgan fingerprint density at radius 2 is 1.80 bits per heavy atom. The molecule has 0 aromatic carbocycles. The number of anilines is 1. The third-order valence-corrected chi connectivity index (χ3v) is 7.47. The molecule has 0 saturated carbocycles. The van der Waals surface area contributed by atoms with E-state index in [2.05, 4.69) is 18.1 Å². The van der Waals surface area contributed by atoms with Crippen LogP contribution < -0.4 is 11.4 Å². The first kappa shape index (κ1) is 25.2. The summed E-state index contributed by atoms with van der Waals surface area (Å²) in [5.41, 5.74) is 2.45. The molecule has 0 radical (unpaired) electrons. The number of aliphatic hydroxyl groups excluding tert-OH is 2. The molecule has 1 aromatic heterocycles. The Morgan fingerprint density at radius 1 is 1.20 bits per heavy atom. The number of nitrogens with zero attached hydrogens (tertiary/aromatic N) is 2. The van der Waals surface area contributed by atoms with Crippen molar-refractivity contribution >= 4 is 29.3 Å². The van der Waals surface area contributed by atoms with Gasteiger partial charge in [-0.2, -0.15) is 13.6 Å². The second-order valence-electron chi connectivity index (χ2n) is 6.16. The maximum absolute atomic E-state index is 11.9. The van der Waals surface area contributed by atoms with Gasteiger partial charge in [0, 0.05) is 6.20 Å². The van der Waals surface area contributed by atoms with E-state index in [0.29, 0.717) is 0 Å².